The first-order valence-corrected chi connectivity index (χ1v) is 8.76. The molecule has 2 aromatic carbocycles. The number of aryl methyl sites for hydroxylation is 1. The topological polar surface area (TPSA) is 101 Å². The average molecular weight is 391 g/mol. The molecule has 0 saturated carbocycles. The summed E-state index contributed by atoms with van der Waals surface area (Å²) in [5, 5.41) is 15.3. The highest BCUT2D eigenvalue weighted by Gasteiger charge is 2.14. The van der Waals surface area contributed by atoms with Gasteiger partial charge in [0.2, 0.25) is 11.7 Å². The van der Waals surface area contributed by atoms with E-state index in [1.165, 1.54) is 0 Å². The molecule has 0 atom stereocenters. The Bertz CT molecular complexity index is 1020. The minimum absolute atomic E-state index is 0.412. The molecule has 0 aliphatic rings. The van der Waals surface area contributed by atoms with Crippen LogP contribution in [0.25, 0.3) is 0 Å². The SMILES string of the molecule is COc1cc(Nc2nc(C)cc(Nc3ccc(C#N)cc3)n2)cc(OC)c1OC. The number of hydrogen-bond donors (Lipinski definition) is 2. The molecular weight excluding hydrogens is 370 g/mol. The van der Waals surface area contributed by atoms with Crippen LogP contribution >= 0.6 is 0 Å². The quantitative estimate of drug-likeness (QED) is 0.619. The predicted molar refractivity (Wildman–Crippen MR) is 111 cm³/mol. The third-order valence-electron chi connectivity index (χ3n) is 4.06. The van der Waals surface area contributed by atoms with Gasteiger partial charge in [-0.05, 0) is 31.2 Å². The fraction of sp³-hybridized carbons (Fsp3) is 0.190. The van der Waals surface area contributed by atoms with E-state index in [1.54, 1.807) is 45.6 Å². The number of benzene rings is 2. The van der Waals surface area contributed by atoms with Gasteiger partial charge in [-0.1, -0.05) is 0 Å². The Kier molecular flexibility index (Phi) is 6.00. The van der Waals surface area contributed by atoms with Crippen molar-refractivity contribution in [2.45, 2.75) is 6.92 Å². The Labute approximate surface area is 169 Å². The van der Waals surface area contributed by atoms with Crippen molar-refractivity contribution in [1.29, 1.82) is 5.26 Å². The van der Waals surface area contributed by atoms with Crippen LogP contribution in [-0.2, 0) is 0 Å². The lowest BCUT2D eigenvalue weighted by atomic mass is 10.2. The minimum Gasteiger partial charge on any atom is -0.493 e. The van der Waals surface area contributed by atoms with E-state index in [0.717, 1.165) is 11.4 Å². The van der Waals surface area contributed by atoms with Crippen LogP contribution in [0.5, 0.6) is 17.2 Å². The average Bonchev–Trinajstić information content (AvgIpc) is 2.73. The van der Waals surface area contributed by atoms with Gasteiger partial charge in [0.05, 0.1) is 33.0 Å². The molecule has 0 spiro atoms. The Morgan fingerprint density at radius 2 is 1.48 bits per heavy atom. The number of nitrogens with zero attached hydrogens (tertiary/aromatic N) is 3. The summed E-state index contributed by atoms with van der Waals surface area (Å²) in [6, 6.07) is 14.6. The summed E-state index contributed by atoms with van der Waals surface area (Å²) in [5.74, 6) is 2.59. The molecule has 3 rings (SSSR count). The van der Waals surface area contributed by atoms with Crippen LogP contribution < -0.4 is 24.8 Å². The summed E-state index contributed by atoms with van der Waals surface area (Å²) in [4.78, 5) is 8.94. The van der Waals surface area contributed by atoms with Gasteiger partial charge in [-0.15, -0.1) is 0 Å². The zero-order valence-electron chi connectivity index (χ0n) is 16.6. The van der Waals surface area contributed by atoms with Crippen molar-refractivity contribution >= 4 is 23.1 Å². The van der Waals surface area contributed by atoms with E-state index in [-0.39, 0.29) is 0 Å². The maximum Gasteiger partial charge on any atom is 0.229 e. The van der Waals surface area contributed by atoms with Crippen LogP contribution in [0.2, 0.25) is 0 Å². The van der Waals surface area contributed by atoms with Gasteiger partial charge in [0.1, 0.15) is 5.82 Å². The fourth-order valence-corrected chi connectivity index (χ4v) is 2.75. The summed E-state index contributed by atoms with van der Waals surface area (Å²) >= 11 is 0. The zero-order chi connectivity index (χ0) is 20.8. The summed E-state index contributed by atoms with van der Waals surface area (Å²) in [6.07, 6.45) is 0. The smallest absolute Gasteiger partial charge is 0.229 e. The second kappa shape index (κ2) is 8.80. The van der Waals surface area contributed by atoms with Crippen LogP contribution in [-0.4, -0.2) is 31.3 Å². The van der Waals surface area contributed by atoms with E-state index in [9.17, 15) is 0 Å². The Morgan fingerprint density at radius 1 is 0.828 bits per heavy atom. The molecule has 0 saturated heterocycles. The van der Waals surface area contributed by atoms with Gasteiger partial charge in [0.25, 0.3) is 0 Å². The molecule has 0 unspecified atom stereocenters. The van der Waals surface area contributed by atoms with Crippen molar-refractivity contribution in [2.75, 3.05) is 32.0 Å². The second-order valence-electron chi connectivity index (χ2n) is 6.07. The van der Waals surface area contributed by atoms with E-state index < -0.39 is 0 Å². The molecule has 2 N–H and O–H groups in total. The van der Waals surface area contributed by atoms with Crippen molar-refractivity contribution in [3.63, 3.8) is 0 Å². The Hall–Kier alpha value is -3.99. The molecule has 1 aromatic heterocycles. The number of nitriles is 1. The van der Waals surface area contributed by atoms with E-state index in [0.29, 0.717) is 40.3 Å². The van der Waals surface area contributed by atoms with E-state index in [2.05, 4.69) is 26.7 Å². The van der Waals surface area contributed by atoms with Gasteiger partial charge in [-0.3, -0.25) is 0 Å². The molecule has 148 valence electrons. The normalized spacial score (nSPS) is 10.0. The highest BCUT2D eigenvalue weighted by molar-refractivity contribution is 5.67. The molecule has 0 bridgehead atoms. The monoisotopic (exact) mass is 391 g/mol. The molecule has 0 fully saturated rings. The van der Waals surface area contributed by atoms with Crippen molar-refractivity contribution in [3.8, 4) is 23.3 Å². The van der Waals surface area contributed by atoms with Gasteiger partial charge in [0, 0.05) is 35.3 Å². The van der Waals surface area contributed by atoms with Gasteiger partial charge in [0.15, 0.2) is 11.5 Å². The summed E-state index contributed by atoms with van der Waals surface area (Å²) in [5.41, 5.74) is 2.89. The number of aromatic nitrogens is 2. The molecule has 29 heavy (non-hydrogen) atoms. The van der Waals surface area contributed by atoms with Gasteiger partial charge >= 0.3 is 0 Å². The van der Waals surface area contributed by atoms with E-state index in [4.69, 9.17) is 19.5 Å². The Morgan fingerprint density at radius 3 is 2.03 bits per heavy atom. The molecule has 0 amide bonds. The molecule has 0 radical (unpaired) electrons. The first kappa shape index (κ1) is 19.8. The van der Waals surface area contributed by atoms with Crippen LogP contribution in [0, 0.1) is 18.3 Å². The molecule has 8 nitrogen and oxygen atoms in total. The molecular formula is C21H21N5O3. The number of rotatable bonds is 7. The number of nitrogens with one attached hydrogen (secondary N) is 2. The lowest BCUT2D eigenvalue weighted by molar-refractivity contribution is 0.324. The minimum atomic E-state index is 0.412. The van der Waals surface area contributed by atoms with Gasteiger partial charge in [-0.2, -0.15) is 10.2 Å². The number of hydrogen-bond acceptors (Lipinski definition) is 8. The van der Waals surface area contributed by atoms with Gasteiger partial charge in [-0.25, -0.2) is 4.98 Å². The lowest BCUT2D eigenvalue weighted by Crippen LogP contribution is -2.03. The fourth-order valence-electron chi connectivity index (χ4n) is 2.75. The molecule has 0 aliphatic carbocycles. The van der Waals surface area contributed by atoms with Crippen molar-refractivity contribution < 1.29 is 14.2 Å². The van der Waals surface area contributed by atoms with Crippen molar-refractivity contribution in [1.82, 2.24) is 9.97 Å². The first-order chi connectivity index (χ1) is 14.1. The summed E-state index contributed by atoms with van der Waals surface area (Å²) in [6.45, 7) is 1.88. The first-order valence-electron chi connectivity index (χ1n) is 8.76. The molecule has 3 aromatic rings. The molecule has 8 heteroatoms. The maximum absolute atomic E-state index is 8.91. The zero-order valence-corrected chi connectivity index (χ0v) is 16.6. The lowest BCUT2D eigenvalue weighted by Gasteiger charge is -2.15. The van der Waals surface area contributed by atoms with Crippen molar-refractivity contribution in [3.05, 3.63) is 53.7 Å². The third-order valence-corrected chi connectivity index (χ3v) is 4.06. The van der Waals surface area contributed by atoms with E-state index in [1.807, 2.05) is 25.1 Å². The van der Waals surface area contributed by atoms with Gasteiger partial charge < -0.3 is 24.8 Å². The van der Waals surface area contributed by atoms with Crippen LogP contribution in [0.3, 0.4) is 0 Å². The Balaban J connectivity index is 1.87. The third kappa shape index (κ3) is 4.65. The second-order valence-corrected chi connectivity index (χ2v) is 6.07. The highest BCUT2D eigenvalue weighted by atomic mass is 16.5. The highest BCUT2D eigenvalue weighted by Crippen LogP contribution is 2.40. The molecule has 0 aliphatic heterocycles. The predicted octanol–water partition coefficient (Wildman–Crippen LogP) is 4.17. The maximum atomic E-state index is 8.91. The number of anilines is 4. The van der Waals surface area contributed by atoms with Crippen LogP contribution in [0.1, 0.15) is 11.3 Å². The summed E-state index contributed by atoms with van der Waals surface area (Å²) < 4.78 is 16.1. The number of methoxy groups -OCH3 is 3. The summed E-state index contributed by atoms with van der Waals surface area (Å²) in [7, 11) is 4.67. The number of ether oxygens (including phenoxy) is 3. The largest absolute Gasteiger partial charge is 0.493 e. The van der Waals surface area contributed by atoms with Crippen molar-refractivity contribution in [2.24, 2.45) is 0 Å². The standard InChI is InChI=1S/C21H21N5O3/c1-13-9-19(24-15-7-5-14(12-22)6-8-15)26-21(23-13)25-16-10-17(27-2)20(29-4)18(11-16)28-3/h5-11H,1-4H3,(H2,23,24,25,26). The van der Waals surface area contributed by atoms with E-state index >= 15 is 0 Å². The molecule has 1 heterocycles. The van der Waals surface area contributed by atoms with Crippen LogP contribution in [0.4, 0.5) is 23.1 Å². The van der Waals surface area contributed by atoms with Crippen LogP contribution in [0.15, 0.2) is 42.5 Å².